The number of hydrogen-bond donors (Lipinski definition) is 0. The SMILES string of the molecule is COc1cc(N2CCN(C(=O)Cn3cc4cnc(Cl)nc4n3)CC2)ccc1Cl. The predicted molar refractivity (Wildman–Crippen MR) is 107 cm³/mol. The molecule has 8 nitrogen and oxygen atoms in total. The molecule has 4 rings (SSSR count). The van der Waals surface area contributed by atoms with E-state index < -0.39 is 0 Å². The summed E-state index contributed by atoms with van der Waals surface area (Å²) in [6, 6.07) is 5.70. The summed E-state index contributed by atoms with van der Waals surface area (Å²) >= 11 is 11.9. The van der Waals surface area contributed by atoms with Gasteiger partial charge in [0.2, 0.25) is 11.2 Å². The molecular formula is C18H18Cl2N6O2. The normalized spacial score (nSPS) is 14.5. The molecule has 0 spiro atoms. The van der Waals surface area contributed by atoms with Crippen LogP contribution in [0.4, 0.5) is 5.69 Å². The molecule has 3 aromatic rings. The molecule has 0 radical (unpaired) electrons. The molecule has 1 aliphatic heterocycles. The smallest absolute Gasteiger partial charge is 0.244 e. The van der Waals surface area contributed by atoms with E-state index >= 15 is 0 Å². The number of carbonyl (C=O) groups excluding carboxylic acids is 1. The van der Waals surface area contributed by atoms with Crippen LogP contribution in [0.25, 0.3) is 11.0 Å². The lowest BCUT2D eigenvalue weighted by Crippen LogP contribution is -2.49. The van der Waals surface area contributed by atoms with Gasteiger partial charge in [-0.1, -0.05) is 11.6 Å². The molecule has 3 heterocycles. The summed E-state index contributed by atoms with van der Waals surface area (Å²) in [5.41, 5.74) is 1.51. The van der Waals surface area contributed by atoms with Gasteiger partial charge in [0.25, 0.3) is 0 Å². The maximum atomic E-state index is 12.6. The number of carbonyl (C=O) groups is 1. The van der Waals surface area contributed by atoms with Crippen LogP contribution < -0.4 is 9.64 Å². The standard InChI is InChI=1S/C18H18Cl2N6O2/c1-28-15-8-13(2-3-14(15)19)24-4-6-25(7-5-24)16(27)11-26-10-12-9-21-18(20)22-17(12)23-26/h2-3,8-10H,4-7,11H2,1H3. The lowest BCUT2D eigenvalue weighted by atomic mass is 10.2. The van der Waals surface area contributed by atoms with Gasteiger partial charge in [0, 0.05) is 50.3 Å². The Labute approximate surface area is 171 Å². The van der Waals surface area contributed by atoms with E-state index in [1.807, 2.05) is 23.1 Å². The van der Waals surface area contributed by atoms with E-state index in [1.54, 1.807) is 24.2 Å². The van der Waals surface area contributed by atoms with Gasteiger partial charge in [-0.3, -0.25) is 9.48 Å². The molecular weight excluding hydrogens is 403 g/mol. The Kier molecular flexibility index (Phi) is 5.23. The largest absolute Gasteiger partial charge is 0.495 e. The van der Waals surface area contributed by atoms with Crippen molar-refractivity contribution in [2.45, 2.75) is 6.54 Å². The van der Waals surface area contributed by atoms with Crippen molar-refractivity contribution < 1.29 is 9.53 Å². The first kappa shape index (κ1) is 18.8. The van der Waals surface area contributed by atoms with E-state index in [-0.39, 0.29) is 17.7 Å². The minimum atomic E-state index is 0.0141. The number of amides is 1. The highest BCUT2D eigenvalue weighted by atomic mass is 35.5. The zero-order valence-electron chi connectivity index (χ0n) is 15.2. The summed E-state index contributed by atoms with van der Waals surface area (Å²) in [7, 11) is 1.60. The van der Waals surface area contributed by atoms with E-state index in [2.05, 4.69) is 20.0 Å². The van der Waals surface area contributed by atoms with Gasteiger partial charge in [-0.25, -0.2) is 4.98 Å². The maximum absolute atomic E-state index is 12.6. The second-order valence-corrected chi connectivity index (χ2v) is 7.18. The first-order valence-electron chi connectivity index (χ1n) is 8.75. The van der Waals surface area contributed by atoms with Gasteiger partial charge in [0.15, 0.2) is 5.65 Å². The molecule has 1 saturated heterocycles. The summed E-state index contributed by atoms with van der Waals surface area (Å²) in [4.78, 5) is 24.7. The van der Waals surface area contributed by atoms with Gasteiger partial charge < -0.3 is 14.5 Å². The quantitative estimate of drug-likeness (QED) is 0.603. The number of hydrogen-bond acceptors (Lipinski definition) is 6. The number of aromatic nitrogens is 4. The van der Waals surface area contributed by atoms with Crippen LogP contribution in [0.3, 0.4) is 0 Å². The van der Waals surface area contributed by atoms with Gasteiger partial charge in [0.1, 0.15) is 12.3 Å². The summed E-state index contributed by atoms with van der Waals surface area (Å²) < 4.78 is 6.86. The van der Waals surface area contributed by atoms with Gasteiger partial charge in [0.05, 0.1) is 17.5 Å². The lowest BCUT2D eigenvalue weighted by molar-refractivity contribution is -0.132. The van der Waals surface area contributed by atoms with Crippen molar-refractivity contribution in [3.05, 3.63) is 40.9 Å². The van der Waals surface area contributed by atoms with E-state index in [4.69, 9.17) is 27.9 Å². The van der Waals surface area contributed by atoms with Gasteiger partial charge in [-0.05, 0) is 23.7 Å². The number of piperazine rings is 1. The number of anilines is 1. The molecule has 28 heavy (non-hydrogen) atoms. The number of fused-ring (bicyclic) bond motifs is 1. The van der Waals surface area contributed by atoms with Crippen LogP contribution in [-0.2, 0) is 11.3 Å². The molecule has 1 fully saturated rings. The fourth-order valence-corrected chi connectivity index (χ4v) is 3.55. The number of halogens is 2. The van der Waals surface area contributed by atoms with Crippen LogP contribution in [0, 0.1) is 0 Å². The van der Waals surface area contributed by atoms with Crippen molar-refractivity contribution in [1.82, 2.24) is 24.6 Å². The maximum Gasteiger partial charge on any atom is 0.244 e. The second-order valence-electron chi connectivity index (χ2n) is 6.43. The van der Waals surface area contributed by atoms with Gasteiger partial charge in [-0.2, -0.15) is 10.1 Å². The van der Waals surface area contributed by atoms with Crippen molar-refractivity contribution in [3.8, 4) is 5.75 Å². The Morgan fingerprint density at radius 1 is 1.21 bits per heavy atom. The molecule has 1 amide bonds. The minimum absolute atomic E-state index is 0.0141. The average molecular weight is 421 g/mol. The van der Waals surface area contributed by atoms with Crippen LogP contribution in [0.5, 0.6) is 5.75 Å². The zero-order valence-corrected chi connectivity index (χ0v) is 16.7. The highest BCUT2D eigenvalue weighted by Gasteiger charge is 2.22. The highest BCUT2D eigenvalue weighted by molar-refractivity contribution is 6.32. The number of methoxy groups -OCH3 is 1. The monoisotopic (exact) mass is 420 g/mol. The number of ether oxygens (including phenoxy) is 1. The van der Waals surface area contributed by atoms with E-state index in [0.717, 1.165) is 24.2 Å². The van der Waals surface area contributed by atoms with Gasteiger partial charge in [-0.15, -0.1) is 0 Å². The molecule has 1 aromatic carbocycles. The number of rotatable bonds is 4. The Morgan fingerprint density at radius 2 is 2.00 bits per heavy atom. The van der Waals surface area contributed by atoms with Crippen molar-refractivity contribution in [1.29, 1.82) is 0 Å². The van der Waals surface area contributed by atoms with Crippen molar-refractivity contribution in [2.75, 3.05) is 38.2 Å². The lowest BCUT2D eigenvalue weighted by Gasteiger charge is -2.36. The Hall–Kier alpha value is -2.58. The average Bonchev–Trinajstić information content (AvgIpc) is 3.09. The van der Waals surface area contributed by atoms with Crippen LogP contribution in [0.15, 0.2) is 30.6 Å². The van der Waals surface area contributed by atoms with E-state index in [1.165, 1.54) is 0 Å². The fraction of sp³-hybridized carbons (Fsp3) is 0.333. The zero-order chi connectivity index (χ0) is 19.7. The van der Waals surface area contributed by atoms with Crippen molar-refractivity contribution >= 4 is 45.8 Å². The summed E-state index contributed by atoms with van der Waals surface area (Å²) in [5.74, 6) is 0.659. The number of benzene rings is 1. The fourth-order valence-electron chi connectivity index (χ4n) is 3.22. The second kappa shape index (κ2) is 7.81. The van der Waals surface area contributed by atoms with Crippen LogP contribution in [0.2, 0.25) is 10.3 Å². The van der Waals surface area contributed by atoms with E-state index in [9.17, 15) is 4.79 Å². The van der Waals surface area contributed by atoms with Crippen LogP contribution in [-0.4, -0.2) is 63.8 Å². The third-order valence-electron chi connectivity index (χ3n) is 4.71. The third kappa shape index (κ3) is 3.83. The first-order chi connectivity index (χ1) is 13.5. The molecule has 0 atom stereocenters. The molecule has 146 valence electrons. The van der Waals surface area contributed by atoms with Crippen LogP contribution >= 0.6 is 23.2 Å². The molecule has 1 aliphatic rings. The summed E-state index contributed by atoms with van der Waals surface area (Å²) in [6.45, 7) is 2.90. The molecule has 2 aromatic heterocycles. The molecule has 0 unspecified atom stereocenters. The van der Waals surface area contributed by atoms with E-state index in [0.29, 0.717) is 29.5 Å². The summed E-state index contributed by atoms with van der Waals surface area (Å²) in [5, 5.41) is 5.76. The molecule has 0 N–H and O–H groups in total. The first-order valence-corrected chi connectivity index (χ1v) is 9.51. The molecule has 0 aliphatic carbocycles. The molecule has 0 bridgehead atoms. The van der Waals surface area contributed by atoms with Crippen molar-refractivity contribution in [2.24, 2.45) is 0 Å². The van der Waals surface area contributed by atoms with Crippen molar-refractivity contribution in [3.63, 3.8) is 0 Å². The summed E-state index contributed by atoms with van der Waals surface area (Å²) in [6.07, 6.45) is 3.34. The molecule has 10 heteroatoms. The van der Waals surface area contributed by atoms with Crippen LogP contribution in [0.1, 0.15) is 0 Å². The Balaban J connectivity index is 1.38. The highest BCUT2D eigenvalue weighted by Crippen LogP contribution is 2.29. The Bertz CT molecular complexity index is 1020. The minimum Gasteiger partial charge on any atom is -0.495 e. The molecule has 0 saturated carbocycles. The number of nitrogens with zero attached hydrogens (tertiary/aromatic N) is 6. The third-order valence-corrected chi connectivity index (χ3v) is 5.20. The topological polar surface area (TPSA) is 76.4 Å². The predicted octanol–water partition coefficient (Wildman–Crippen LogP) is 2.49. The van der Waals surface area contributed by atoms with Gasteiger partial charge >= 0.3 is 0 Å². The Morgan fingerprint density at radius 3 is 2.75 bits per heavy atom.